The number of carbonyl (C=O) groups is 2. The third kappa shape index (κ3) is 3.59. The van der Waals surface area contributed by atoms with Crippen LogP contribution in [0.3, 0.4) is 0 Å². The second-order valence-electron chi connectivity index (χ2n) is 6.03. The Bertz CT molecular complexity index is 945. The number of nitriles is 1. The molecule has 0 fully saturated rings. The van der Waals surface area contributed by atoms with Crippen molar-refractivity contribution in [3.8, 4) is 17.6 Å². The van der Waals surface area contributed by atoms with Gasteiger partial charge in [0.25, 0.3) is 5.91 Å². The van der Waals surface area contributed by atoms with Crippen LogP contribution in [0, 0.1) is 11.3 Å². The summed E-state index contributed by atoms with van der Waals surface area (Å²) in [6, 6.07) is 7.07. The minimum atomic E-state index is -0.338. The summed E-state index contributed by atoms with van der Waals surface area (Å²) in [5.74, 6) is 0.647. The van der Waals surface area contributed by atoms with Crippen LogP contribution < -0.4 is 14.8 Å². The van der Waals surface area contributed by atoms with Crippen molar-refractivity contribution < 1.29 is 19.1 Å². The fourth-order valence-corrected chi connectivity index (χ4v) is 4.24. The number of carbonyl (C=O) groups excluding carboxylic acids is 2. The largest absolute Gasteiger partial charge is 0.493 e. The molecule has 140 valence electrons. The molecule has 0 aliphatic carbocycles. The summed E-state index contributed by atoms with van der Waals surface area (Å²) in [6.45, 7) is 2.58. The van der Waals surface area contributed by atoms with Gasteiger partial charge in [-0.3, -0.25) is 9.59 Å². The van der Waals surface area contributed by atoms with Gasteiger partial charge in [-0.15, -0.1) is 11.3 Å². The summed E-state index contributed by atoms with van der Waals surface area (Å²) in [4.78, 5) is 27.0. The number of fused-ring (bicyclic) bond motifs is 1. The number of rotatable bonds is 4. The Labute approximate surface area is 161 Å². The van der Waals surface area contributed by atoms with Crippen LogP contribution in [-0.4, -0.2) is 37.5 Å². The van der Waals surface area contributed by atoms with Gasteiger partial charge in [0.2, 0.25) is 5.91 Å². The number of nitrogens with zero attached hydrogens (tertiary/aromatic N) is 2. The molecule has 0 saturated heterocycles. The van der Waals surface area contributed by atoms with Crippen molar-refractivity contribution in [1.82, 2.24) is 4.90 Å². The number of benzene rings is 1. The van der Waals surface area contributed by atoms with E-state index in [2.05, 4.69) is 11.4 Å². The number of nitrogens with one attached hydrogen (secondary N) is 1. The van der Waals surface area contributed by atoms with E-state index in [0.717, 1.165) is 10.4 Å². The molecule has 1 N–H and O–H groups in total. The zero-order chi connectivity index (χ0) is 19.6. The first kappa shape index (κ1) is 18.7. The fraction of sp³-hybridized carbons (Fsp3) is 0.316. The summed E-state index contributed by atoms with van der Waals surface area (Å²) in [7, 11) is 3.03. The quantitative estimate of drug-likeness (QED) is 0.874. The smallest absolute Gasteiger partial charge is 0.256 e. The number of thiophene rings is 1. The second kappa shape index (κ2) is 7.68. The first-order valence-electron chi connectivity index (χ1n) is 8.32. The van der Waals surface area contributed by atoms with E-state index in [9.17, 15) is 14.9 Å². The second-order valence-corrected chi connectivity index (χ2v) is 7.14. The number of hydrogen-bond donors (Lipinski definition) is 1. The summed E-state index contributed by atoms with van der Waals surface area (Å²) in [5, 5.41) is 12.9. The standard InChI is InChI=1S/C19H19N3O4S/c1-11(23)22-7-6-13-14(9-20)19(27-17(13)10-22)21-18(24)12-4-5-15(25-2)16(8-12)26-3/h4-5,8H,6-7,10H2,1-3H3,(H,21,24). The maximum Gasteiger partial charge on any atom is 0.256 e. The molecule has 2 heterocycles. The van der Waals surface area contributed by atoms with E-state index < -0.39 is 0 Å². The van der Waals surface area contributed by atoms with Crippen LogP contribution in [0.5, 0.6) is 11.5 Å². The first-order valence-corrected chi connectivity index (χ1v) is 9.13. The van der Waals surface area contributed by atoms with Crippen LogP contribution in [0.4, 0.5) is 5.00 Å². The van der Waals surface area contributed by atoms with E-state index in [1.165, 1.54) is 32.5 Å². The normalized spacial score (nSPS) is 12.7. The third-order valence-corrected chi connectivity index (χ3v) is 5.62. The van der Waals surface area contributed by atoms with Crippen molar-refractivity contribution in [3.63, 3.8) is 0 Å². The lowest BCUT2D eigenvalue weighted by molar-refractivity contribution is -0.129. The van der Waals surface area contributed by atoms with Crippen LogP contribution in [-0.2, 0) is 17.8 Å². The van der Waals surface area contributed by atoms with E-state index in [-0.39, 0.29) is 11.8 Å². The average molecular weight is 385 g/mol. The molecule has 0 radical (unpaired) electrons. The zero-order valence-electron chi connectivity index (χ0n) is 15.3. The molecule has 3 rings (SSSR count). The van der Waals surface area contributed by atoms with Crippen molar-refractivity contribution in [2.75, 3.05) is 26.1 Å². The van der Waals surface area contributed by atoms with Gasteiger partial charge in [-0.2, -0.15) is 5.26 Å². The average Bonchev–Trinajstić information content (AvgIpc) is 3.03. The van der Waals surface area contributed by atoms with Crippen LogP contribution in [0.2, 0.25) is 0 Å². The molecule has 0 atom stereocenters. The minimum absolute atomic E-state index is 0.00321. The highest BCUT2D eigenvalue weighted by Crippen LogP contribution is 2.37. The summed E-state index contributed by atoms with van der Waals surface area (Å²) in [6.07, 6.45) is 0.612. The molecule has 27 heavy (non-hydrogen) atoms. The summed E-state index contributed by atoms with van der Waals surface area (Å²) < 4.78 is 10.4. The molecule has 0 saturated carbocycles. The minimum Gasteiger partial charge on any atom is -0.493 e. The van der Waals surface area contributed by atoms with E-state index in [1.807, 2.05) is 0 Å². The highest BCUT2D eigenvalue weighted by atomic mass is 32.1. The lowest BCUT2D eigenvalue weighted by Gasteiger charge is -2.25. The van der Waals surface area contributed by atoms with Gasteiger partial charge < -0.3 is 19.7 Å². The maximum atomic E-state index is 12.7. The van der Waals surface area contributed by atoms with Crippen LogP contribution in [0.1, 0.15) is 33.3 Å². The molecule has 0 bridgehead atoms. The van der Waals surface area contributed by atoms with E-state index in [1.54, 1.807) is 23.1 Å². The molecule has 7 nitrogen and oxygen atoms in total. The van der Waals surface area contributed by atoms with Crippen LogP contribution >= 0.6 is 11.3 Å². The van der Waals surface area contributed by atoms with Gasteiger partial charge in [-0.1, -0.05) is 0 Å². The summed E-state index contributed by atoms with van der Waals surface area (Å²) in [5.41, 5.74) is 1.79. The van der Waals surface area contributed by atoms with Crippen molar-refractivity contribution >= 4 is 28.2 Å². The van der Waals surface area contributed by atoms with E-state index >= 15 is 0 Å². The van der Waals surface area contributed by atoms with Crippen molar-refractivity contribution in [3.05, 3.63) is 39.8 Å². The Balaban J connectivity index is 1.87. The van der Waals surface area contributed by atoms with Gasteiger partial charge in [0.1, 0.15) is 11.1 Å². The molecule has 1 aliphatic rings. The lowest BCUT2D eigenvalue weighted by atomic mass is 10.0. The Hall–Kier alpha value is -3.05. The first-order chi connectivity index (χ1) is 13.0. The number of amides is 2. The van der Waals surface area contributed by atoms with Gasteiger partial charge in [0, 0.05) is 23.9 Å². The number of methoxy groups -OCH3 is 2. The molecule has 1 aliphatic heterocycles. The SMILES string of the molecule is COc1ccc(C(=O)Nc2sc3c(c2C#N)CCN(C(C)=O)C3)cc1OC. The van der Waals surface area contributed by atoms with Gasteiger partial charge in [-0.25, -0.2) is 0 Å². The molecule has 2 aromatic rings. The van der Waals surface area contributed by atoms with Crippen molar-refractivity contribution in [2.24, 2.45) is 0 Å². The third-order valence-electron chi connectivity index (χ3n) is 4.49. The Morgan fingerprint density at radius 1 is 1.26 bits per heavy atom. The van der Waals surface area contributed by atoms with Gasteiger partial charge in [-0.05, 0) is 30.2 Å². The molecule has 2 amide bonds. The molecule has 0 spiro atoms. The Morgan fingerprint density at radius 2 is 2.00 bits per heavy atom. The molecule has 8 heteroatoms. The predicted molar refractivity (Wildman–Crippen MR) is 101 cm³/mol. The van der Waals surface area contributed by atoms with Crippen molar-refractivity contribution in [2.45, 2.75) is 19.9 Å². The number of anilines is 1. The molecular weight excluding hydrogens is 366 g/mol. The number of ether oxygens (including phenoxy) is 2. The van der Waals surface area contributed by atoms with Gasteiger partial charge in [0.15, 0.2) is 11.5 Å². The Morgan fingerprint density at radius 3 is 2.63 bits per heavy atom. The maximum absolute atomic E-state index is 12.7. The highest BCUT2D eigenvalue weighted by Gasteiger charge is 2.26. The van der Waals surface area contributed by atoms with E-state index in [4.69, 9.17) is 9.47 Å². The van der Waals surface area contributed by atoms with Crippen molar-refractivity contribution in [1.29, 1.82) is 5.26 Å². The number of hydrogen-bond acceptors (Lipinski definition) is 6. The monoisotopic (exact) mass is 385 g/mol. The predicted octanol–water partition coefficient (Wildman–Crippen LogP) is 2.79. The van der Waals surface area contributed by atoms with Crippen LogP contribution in [0.25, 0.3) is 0 Å². The fourth-order valence-electron chi connectivity index (χ4n) is 3.03. The zero-order valence-corrected chi connectivity index (χ0v) is 16.1. The topological polar surface area (TPSA) is 91.7 Å². The van der Waals surface area contributed by atoms with Crippen LogP contribution in [0.15, 0.2) is 18.2 Å². The van der Waals surface area contributed by atoms with E-state index in [0.29, 0.717) is 47.1 Å². The molecule has 0 unspecified atom stereocenters. The molecule has 1 aromatic heterocycles. The van der Waals surface area contributed by atoms with Gasteiger partial charge >= 0.3 is 0 Å². The van der Waals surface area contributed by atoms with Gasteiger partial charge in [0.05, 0.1) is 26.3 Å². The summed E-state index contributed by atoms with van der Waals surface area (Å²) >= 11 is 1.34. The highest BCUT2D eigenvalue weighted by molar-refractivity contribution is 7.16. The molecule has 1 aromatic carbocycles. The lowest BCUT2D eigenvalue weighted by Crippen LogP contribution is -2.33. The molecular formula is C19H19N3O4S. The Kier molecular flexibility index (Phi) is 5.33.